The molecule has 1 aromatic heterocycles. The highest BCUT2D eigenvalue weighted by molar-refractivity contribution is 6.33. The maximum absolute atomic E-state index is 12.8. The van der Waals surface area contributed by atoms with E-state index < -0.39 is 0 Å². The van der Waals surface area contributed by atoms with E-state index in [1.54, 1.807) is 12.3 Å². The minimum absolute atomic E-state index is 0.0428. The second-order valence-electron chi connectivity index (χ2n) is 7.76. The maximum atomic E-state index is 12.8. The monoisotopic (exact) mass is 428 g/mol. The molecule has 0 spiro atoms. The van der Waals surface area contributed by atoms with Gasteiger partial charge in [0.1, 0.15) is 18.2 Å². The van der Waals surface area contributed by atoms with Gasteiger partial charge >= 0.3 is 0 Å². The van der Waals surface area contributed by atoms with E-state index in [4.69, 9.17) is 16.3 Å². The molecule has 1 fully saturated rings. The molecular weight excluding hydrogens is 404 g/mol. The van der Waals surface area contributed by atoms with Crippen LogP contribution < -0.4 is 20.7 Å². The zero-order valence-electron chi connectivity index (χ0n) is 16.8. The van der Waals surface area contributed by atoms with E-state index in [9.17, 15) is 9.59 Å². The van der Waals surface area contributed by atoms with Crippen LogP contribution in [0.3, 0.4) is 0 Å². The van der Waals surface area contributed by atoms with Crippen molar-refractivity contribution in [2.45, 2.75) is 38.6 Å². The summed E-state index contributed by atoms with van der Waals surface area (Å²) in [6.07, 6.45) is 4.79. The number of aromatic nitrogens is 1. The number of para-hydroxylation sites is 1. The molecular formula is C22H25ClN4O3. The lowest BCUT2D eigenvalue weighted by Gasteiger charge is -2.28. The van der Waals surface area contributed by atoms with E-state index in [2.05, 4.69) is 20.9 Å². The predicted octanol–water partition coefficient (Wildman–Crippen LogP) is 3.84. The molecule has 2 heterocycles. The van der Waals surface area contributed by atoms with E-state index in [0.29, 0.717) is 23.9 Å². The molecule has 0 unspecified atom stereocenters. The summed E-state index contributed by atoms with van der Waals surface area (Å²) in [6.45, 7) is 2.83. The van der Waals surface area contributed by atoms with Crippen molar-refractivity contribution in [3.8, 4) is 16.9 Å². The first-order valence-corrected chi connectivity index (χ1v) is 10.6. The average molecular weight is 429 g/mol. The van der Waals surface area contributed by atoms with Crippen molar-refractivity contribution in [1.82, 2.24) is 10.3 Å². The molecule has 2 aromatic rings. The predicted molar refractivity (Wildman–Crippen MR) is 117 cm³/mol. The van der Waals surface area contributed by atoms with Crippen LogP contribution in [-0.4, -0.2) is 36.0 Å². The summed E-state index contributed by atoms with van der Waals surface area (Å²) < 4.78 is 5.86. The lowest BCUT2D eigenvalue weighted by Crippen LogP contribution is -2.40. The average Bonchev–Trinajstić information content (AvgIpc) is 2.74. The van der Waals surface area contributed by atoms with Crippen molar-refractivity contribution in [1.29, 1.82) is 0 Å². The fourth-order valence-electron chi connectivity index (χ4n) is 4.17. The summed E-state index contributed by atoms with van der Waals surface area (Å²) in [5.74, 6) is 0.891. The first-order chi connectivity index (χ1) is 14.5. The Labute approximate surface area is 180 Å². The molecule has 1 saturated carbocycles. The van der Waals surface area contributed by atoms with Gasteiger partial charge in [-0.05, 0) is 31.4 Å². The van der Waals surface area contributed by atoms with Crippen LogP contribution in [0.5, 0.6) is 5.75 Å². The SMILES string of the molecule is CC(=O)N[C@@H]1CCC[C@H](C(=O)Nc2cc(-c3cccc4c3OCCN4)c(Cl)cn2)C1. The van der Waals surface area contributed by atoms with Gasteiger partial charge in [0, 0.05) is 42.8 Å². The fraction of sp³-hybridized carbons (Fsp3) is 0.409. The molecule has 3 N–H and O–H groups in total. The molecule has 2 aliphatic rings. The Hall–Kier alpha value is -2.80. The molecule has 7 nitrogen and oxygen atoms in total. The van der Waals surface area contributed by atoms with Crippen LogP contribution in [0.4, 0.5) is 11.5 Å². The maximum Gasteiger partial charge on any atom is 0.228 e. The van der Waals surface area contributed by atoms with Gasteiger partial charge in [-0.1, -0.05) is 30.2 Å². The van der Waals surface area contributed by atoms with Gasteiger partial charge in [-0.2, -0.15) is 0 Å². The smallest absolute Gasteiger partial charge is 0.228 e. The van der Waals surface area contributed by atoms with E-state index >= 15 is 0 Å². The quantitative estimate of drug-likeness (QED) is 0.688. The molecule has 30 heavy (non-hydrogen) atoms. The van der Waals surface area contributed by atoms with Crippen molar-refractivity contribution < 1.29 is 14.3 Å². The highest BCUT2D eigenvalue weighted by Crippen LogP contribution is 2.41. The van der Waals surface area contributed by atoms with Gasteiger partial charge in [-0.3, -0.25) is 9.59 Å². The number of carbonyl (C=O) groups is 2. The number of benzene rings is 1. The normalized spacial score (nSPS) is 20.3. The van der Waals surface area contributed by atoms with E-state index in [1.165, 1.54) is 6.92 Å². The topological polar surface area (TPSA) is 92.4 Å². The van der Waals surface area contributed by atoms with Crippen LogP contribution in [0.1, 0.15) is 32.6 Å². The summed E-state index contributed by atoms with van der Waals surface area (Å²) >= 11 is 6.43. The largest absolute Gasteiger partial charge is 0.489 e. The molecule has 0 saturated heterocycles. The summed E-state index contributed by atoms with van der Waals surface area (Å²) in [4.78, 5) is 28.5. The molecule has 0 radical (unpaired) electrons. The number of pyridine rings is 1. The lowest BCUT2D eigenvalue weighted by molar-refractivity contribution is -0.123. The zero-order valence-corrected chi connectivity index (χ0v) is 17.6. The van der Waals surface area contributed by atoms with Gasteiger partial charge in [-0.25, -0.2) is 4.98 Å². The number of ether oxygens (including phenoxy) is 1. The Balaban J connectivity index is 1.53. The van der Waals surface area contributed by atoms with Crippen LogP contribution in [0.2, 0.25) is 5.02 Å². The molecule has 4 rings (SSSR count). The molecule has 158 valence electrons. The summed E-state index contributed by atoms with van der Waals surface area (Å²) in [7, 11) is 0. The number of nitrogens with one attached hydrogen (secondary N) is 3. The lowest BCUT2D eigenvalue weighted by atomic mass is 9.85. The Morgan fingerprint density at radius 3 is 2.97 bits per heavy atom. The number of carbonyl (C=O) groups excluding carboxylic acids is 2. The first kappa shape index (κ1) is 20.5. The van der Waals surface area contributed by atoms with Gasteiger partial charge in [0.05, 0.1) is 10.7 Å². The number of halogens is 1. The Kier molecular flexibility index (Phi) is 6.08. The fourth-order valence-corrected chi connectivity index (χ4v) is 4.38. The second-order valence-corrected chi connectivity index (χ2v) is 8.16. The van der Waals surface area contributed by atoms with Crippen molar-refractivity contribution in [3.05, 3.63) is 35.5 Å². The highest BCUT2D eigenvalue weighted by Gasteiger charge is 2.28. The number of rotatable bonds is 4. The van der Waals surface area contributed by atoms with Crippen LogP contribution in [0.25, 0.3) is 11.1 Å². The van der Waals surface area contributed by atoms with Crippen LogP contribution in [-0.2, 0) is 9.59 Å². The third-order valence-electron chi connectivity index (χ3n) is 5.53. The number of hydrogen-bond acceptors (Lipinski definition) is 5. The molecule has 2 atom stereocenters. The minimum atomic E-state index is -0.159. The second kappa shape index (κ2) is 8.92. The van der Waals surface area contributed by atoms with Crippen molar-refractivity contribution >= 4 is 34.9 Å². The van der Waals surface area contributed by atoms with Gasteiger partial charge < -0.3 is 20.7 Å². The number of anilines is 2. The molecule has 1 aromatic carbocycles. The first-order valence-electron chi connectivity index (χ1n) is 10.2. The Morgan fingerprint density at radius 1 is 1.27 bits per heavy atom. The minimum Gasteiger partial charge on any atom is -0.489 e. The zero-order chi connectivity index (χ0) is 21.1. The Bertz CT molecular complexity index is 965. The number of amides is 2. The molecule has 1 aliphatic heterocycles. The van der Waals surface area contributed by atoms with Crippen molar-refractivity contribution in [2.75, 3.05) is 23.8 Å². The molecule has 0 bridgehead atoms. The number of hydrogen-bond donors (Lipinski definition) is 3. The van der Waals surface area contributed by atoms with Crippen LogP contribution in [0.15, 0.2) is 30.5 Å². The summed E-state index contributed by atoms with van der Waals surface area (Å²) in [5.41, 5.74) is 2.52. The third kappa shape index (κ3) is 4.51. The molecule has 2 amide bonds. The number of fused-ring (bicyclic) bond motifs is 1. The van der Waals surface area contributed by atoms with E-state index in [0.717, 1.165) is 48.4 Å². The summed E-state index contributed by atoms with van der Waals surface area (Å²) in [5, 5.41) is 9.65. The Morgan fingerprint density at radius 2 is 2.13 bits per heavy atom. The highest BCUT2D eigenvalue weighted by atomic mass is 35.5. The number of nitrogens with zero attached hydrogens (tertiary/aromatic N) is 1. The van der Waals surface area contributed by atoms with Gasteiger partial charge in [0.15, 0.2) is 0 Å². The van der Waals surface area contributed by atoms with E-state index in [1.807, 2.05) is 18.2 Å². The van der Waals surface area contributed by atoms with Gasteiger partial charge in [0.2, 0.25) is 11.8 Å². The van der Waals surface area contributed by atoms with E-state index in [-0.39, 0.29) is 23.8 Å². The van der Waals surface area contributed by atoms with Crippen LogP contribution >= 0.6 is 11.6 Å². The molecule has 8 heteroatoms. The van der Waals surface area contributed by atoms with Crippen molar-refractivity contribution in [2.24, 2.45) is 5.92 Å². The van der Waals surface area contributed by atoms with Gasteiger partial charge in [-0.15, -0.1) is 0 Å². The third-order valence-corrected chi connectivity index (χ3v) is 5.83. The van der Waals surface area contributed by atoms with Gasteiger partial charge in [0.25, 0.3) is 0 Å². The standard InChI is InChI=1S/C22H25ClN4O3/c1-13(28)26-15-5-2-4-14(10-15)22(29)27-20-11-17(18(23)12-25-20)16-6-3-7-19-21(16)30-9-8-24-19/h3,6-7,11-12,14-15,24H,2,4-5,8-10H2,1H3,(H,26,28)(H,25,27,29)/t14-,15+/m0/s1. The molecule has 1 aliphatic carbocycles. The van der Waals surface area contributed by atoms with Crippen molar-refractivity contribution in [3.63, 3.8) is 0 Å². The summed E-state index contributed by atoms with van der Waals surface area (Å²) in [6, 6.07) is 7.67. The van der Waals surface area contributed by atoms with Crippen LogP contribution in [0, 0.1) is 5.92 Å².